The number of nitrogens with one attached hydrogen (secondary N) is 1. The molecule has 0 fully saturated rings. The van der Waals surface area contributed by atoms with Crippen molar-refractivity contribution in [3.05, 3.63) is 77.7 Å². The van der Waals surface area contributed by atoms with Gasteiger partial charge in [0.1, 0.15) is 6.04 Å². The van der Waals surface area contributed by atoms with Gasteiger partial charge >= 0.3 is 12.1 Å². The third-order valence-corrected chi connectivity index (χ3v) is 4.86. The van der Waals surface area contributed by atoms with Gasteiger partial charge in [-0.3, -0.25) is 4.79 Å². The maximum atomic E-state index is 13.8. The lowest BCUT2D eigenvalue weighted by Crippen LogP contribution is -2.42. The van der Waals surface area contributed by atoms with E-state index in [0.29, 0.717) is 0 Å². The molecule has 1 atom stereocenters. The minimum atomic E-state index is -4.59. The predicted molar refractivity (Wildman–Crippen MR) is 112 cm³/mol. The fourth-order valence-corrected chi connectivity index (χ4v) is 3.49. The van der Waals surface area contributed by atoms with Gasteiger partial charge in [-0.1, -0.05) is 48.5 Å². The van der Waals surface area contributed by atoms with E-state index in [1.165, 1.54) is 38.6 Å². The number of alkyl halides is 3. The number of ether oxygens (including phenoxy) is 1. The molecule has 9 heteroatoms. The van der Waals surface area contributed by atoms with Crippen molar-refractivity contribution >= 4 is 11.9 Å². The van der Waals surface area contributed by atoms with E-state index in [1.54, 1.807) is 4.57 Å². The number of carbonyl (C=O) groups excluding carboxylic acids is 2. The average Bonchev–Trinajstić information content (AvgIpc) is 3.14. The molecule has 0 unspecified atom stereocenters. The lowest BCUT2D eigenvalue weighted by Gasteiger charge is -2.18. The number of benzene rings is 2. The Kier molecular flexibility index (Phi) is 6.97. The van der Waals surface area contributed by atoms with Crippen molar-refractivity contribution in [2.75, 3.05) is 7.11 Å². The highest BCUT2D eigenvalue weighted by Gasteiger charge is 2.35. The van der Waals surface area contributed by atoms with Crippen molar-refractivity contribution in [2.45, 2.75) is 32.1 Å². The quantitative estimate of drug-likeness (QED) is 0.561. The fraction of sp³-hybridized carbons (Fsp3) is 0.261. The van der Waals surface area contributed by atoms with Gasteiger partial charge in [0.15, 0.2) is 0 Å². The summed E-state index contributed by atoms with van der Waals surface area (Å²) < 4.78 is 47.7. The smallest absolute Gasteiger partial charge is 0.417 e. The molecule has 0 saturated heterocycles. The highest BCUT2D eigenvalue weighted by atomic mass is 19.4. The molecule has 1 heterocycles. The summed E-state index contributed by atoms with van der Waals surface area (Å²) in [6.07, 6.45) is -3.28. The molecule has 0 bridgehead atoms. The Morgan fingerprint density at radius 1 is 1.09 bits per heavy atom. The summed E-state index contributed by atoms with van der Waals surface area (Å²) in [5.41, 5.74) is 0.455. The highest BCUT2D eigenvalue weighted by Crippen LogP contribution is 2.38. The van der Waals surface area contributed by atoms with Gasteiger partial charge in [0.25, 0.3) is 0 Å². The van der Waals surface area contributed by atoms with E-state index in [2.05, 4.69) is 10.3 Å². The number of hydrogen-bond donors (Lipinski definition) is 1. The Hall–Kier alpha value is -3.62. The van der Waals surface area contributed by atoms with Crippen LogP contribution in [-0.2, 0) is 33.5 Å². The minimum absolute atomic E-state index is 0.0603. The molecular formula is C23H22F3N3O3. The number of amides is 1. The molecule has 1 amide bonds. The van der Waals surface area contributed by atoms with Crippen LogP contribution in [0.1, 0.15) is 23.7 Å². The molecule has 3 rings (SSSR count). The SMILES string of the molecule is COC(=O)[C@H](Cc1ncn(Cc2ccccc2)c1-c1ccccc1C(F)(F)F)NC(C)=O. The van der Waals surface area contributed by atoms with Crippen LogP contribution in [0.5, 0.6) is 0 Å². The number of methoxy groups -OCH3 is 1. The van der Waals surface area contributed by atoms with Gasteiger partial charge in [-0.2, -0.15) is 13.2 Å². The molecule has 0 saturated carbocycles. The van der Waals surface area contributed by atoms with E-state index in [1.807, 2.05) is 30.3 Å². The first kappa shape index (κ1) is 23.1. The Morgan fingerprint density at radius 2 is 1.75 bits per heavy atom. The van der Waals surface area contributed by atoms with Crippen LogP contribution in [0.4, 0.5) is 13.2 Å². The first-order valence-electron chi connectivity index (χ1n) is 9.80. The van der Waals surface area contributed by atoms with E-state index in [0.717, 1.165) is 11.6 Å². The monoisotopic (exact) mass is 445 g/mol. The third-order valence-electron chi connectivity index (χ3n) is 4.86. The van der Waals surface area contributed by atoms with Gasteiger partial charge in [-0.15, -0.1) is 0 Å². The first-order chi connectivity index (χ1) is 15.2. The van der Waals surface area contributed by atoms with E-state index in [4.69, 9.17) is 4.74 Å². The van der Waals surface area contributed by atoms with Gasteiger partial charge < -0.3 is 14.6 Å². The Balaban J connectivity index is 2.13. The lowest BCUT2D eigenvalue weighted by molar-refractivity contribution is -0.144. The standard InChI is InChI=1S/C23H22F3N3O3/c1-15(30)28-20(22(31)32-2)12-19-21(17-10-6-7-11-18(17)23(24,25)26)29(14-27-19)13-16-8-4-3-5-9-16/h3-11,14,20H,12-13H2,1-2H3,(H,28,30)/t20-/m0/s1. The number of aromatic nitrogens is 2. The molecule has 6 nitrogen and oxygen atoms in total. The second-order valence-corrected chi connectivity index (χ2v) is 7.18. The molecule has 3 aromatic rings. The maximum absolute atomic E-state index is 13.8. The second kappa shape index (κ2) is 9.67. The van der Waals surface area contributed by atoms with Gasteiger partial charge in [0.2, 0.25) is 5.91 Å². The van der Waals surface area contributed by atoms with E-state index < -0.39 is 29.7 Å². The summed E-state index contributed by atoms with van der Waals surface area (Å²) in [7, 11) is 1.17. The molecule has 0 radical (unpaired) electrons. The minimum Gasteiger partial charge on any atom is -0.467 e. The Bertz CT molecular complexity index is 1090. The van der Waals surface area contributed by atoms with Crippen LogP contribution in [0.25, 0.3) is 11.3 Å². The molecule has 168 valence electrons. The number of hydrogen-bond acceptors (Lipinski definition) is 4. The van der Waals surface area contributed by atoms with Crippen LogP contribution in [0, 0.1) is 0 Å². The summed E-state index contributed by atoms with van der Waals surface area (Å²) in [6, 6.07) is 13.3. The maximum Gasteiger partial charge on any atom is 0.417 e. The van der Waals surface area contributed by atoms with Crippen LogP contribution in [0.15, 0.2) is 60.9 Å². The summed E-state index contributed by atoms with van der Waals surface area (Å²) >= 11 is 0. The van der Waals surface area contributed by atoms with Crippen molar-refractivity contribution in [3.63, 3.8) is 0 Å². The molecule has 0 aliphatic rings. The Labute approximate surface area is 183 Å². The van der Waals surface area contributed by atoms with Crippen molar-refractivity contribution < 1.29 is 27.5 Å². The number of carbonyl (C=O) groups is 2. The van der Waals surface area contributed by atoms with Crippen LogP contribution >= 0.6 is 0 Å². The van der Waals surface area contributed by atoms with Gasteiger partial charge in [0, 0.05) is 25.5 Å². The van der Waals surface area contributed by atoms with Crippen molar-refractivity contribution in [3.8, 4) is 11.3 Å². The lowest BCUT2D eigenvalue weighted by atomic mass is 9.99. The van der Waals surface area contributed by atoms with Gasteiger partial charge in [-0.05, 0) is 11.6 Å². The van der Waals surface area contributed by atoms with Crippen molar-refractivity contribution in [1.29, 1.82) is 0 Å². The number of nitrogens with zero attached hydrogens (tertiary/aromatic N) is 2. The largest absolute Gasteiger partial charge is 0.467 e. The molecule has 32 heavy (non-hydrogen) atoms. The zero-order valence-electron chi connectivity index (χ0n) is 17.5. The van der Waals surface area contributed by atoms with Crippen LogP contribution in [0.2, 0.25) is 0 Å². The number of rotatable bonds is 7. The van der Waals surface area contributed by atoms with Crippen LogP contribution in [-0.4, -0.2) is 34.6 Å². The summed E-state index contributed by atoms with van der Waals surface area (Å²) in [5.74, 6) is -1.19. The van der Waals surface area contributed by atoms with Crippen LogP contribution in [0.3, 0.4) is 0 Å². The highest BCUT2D eigenvalue weighted by molar-refractivity contribution is 5.83. The molecule has 0 aliphatic carbocycles. The normalized spacial score (nSPS) is 12.3. The molecule has 0 aliphatic heterocycles. The molecule has 1 aromatic heterocycles. The molecular weight excluding hydrogens is 423 g/mol. The number of imidazole rings is 1. The molecule has 1 N–H and O–H groups in total. The van der Waals surface area contributed by atoms with Crippen molar-refractivity contribution in [2.24, 2.45) is 0 Å². The summed E-state index contributed by atoms with van der Waals surface area (Å²) in [6.45, 7) is 1.52. The zero-order chi connectivity index (χ0) is 23.3. The number of esters is 1. The van der Waals surface area contributed by atoms with E-state index in [-0.39, 0.29) is 29.9 Å². The molecule has 2 aromatic carbocycles. The van der Waals surface area contributed by atoms with Crippen LogP contribution < -0.4 is 5.32 Å². The fourth-order valence-electron chi connectivity index (χ4n) is 3.49. The zero-order valence-corrected chi connectivity index (χ0v) is 17.5. The predicted octanol–water partition coefficient (Wildman–Crippen LogP) is 3.84. The van der Waals surface area contributed by atoms with Gasteiger partial charge in [-0.25, -0.2) is 9.78 Å². The number of halogens is 3. The first-order valence-corrected chi connectivity index (χ1v) is 9.80. The summed E-state index contributed by atoms with van der Waals surface area (Å²) in [4.78, 5) is 28.0. The van der Waals surface area contributed by atoms with Gasteiger partial charge in [0.05, 0.1) is 30.4 Å². The topological polar surface area (TPSA) is 73.2 Å². The third kappa shape index (κ3) is 5.35. The van der Waals surface area contributed by atoms with E-state index >= 15 is 0 Å². The summed E-state index contributed by atoms with van der Waals surface area (Å²) in [5, 5.41) is 2.48. The molecule has 0 spiro atoms. The van der Waals surface area contributed by atoms with Crippen molar-refractivity contribution in [1.82, 2.24) is 14.9 Å². The Morgan fingerprint density at radius 3 is 2.38 bits per heavy atom. The average molecular weight is 445 g/mol. The second-order valence-electron chi connectivity index (χ2n) is 7.18. The van der Waals surface area contributed by atoms with E-state index in [9.17, 15) is 22.8 Å².